The van der Waals surface area contributed by atoms with E-state index in [4.69, 9.17) is 11.6 Å². The van der Waals surface area contributed by atoms with Crippen LogP contribution in [0.25, 0.3) is 0 Å². The number of hydrogen-bond acceptors (Lipinski definition) is 5. The van der Waals surface area contributed by atoms with Crippen molar-refractivity contribution in [1.82, 2.24) is 9.19 Å². The molecule has 1 amide bonds. The zero-order valence-corrected chi connectivity index (χ0v) is 17.8. The fourth-order valence-electron chi connectivity index (χ4n) is 2.62. The Morgan fingerprint density at radius 1 is 1.07 bits per heavy atom. The Hall–Kier alpha value is -2.29. The molecule has 0 saturated heterocycles. The Balaban J connectivity index is 1.94. The minimum Gasteiger partial charge on any atom is -0.326 e. The van der Waals surface area contributed by atoms with Crippen molar-refractivity contribution in [2.24, 2.45) is 0 Å². The van der Waals surface area contributed by atoms with Gasteiger partial charge in [0.2, 0.25) is 5.91 Å². The molecule has 0 unspecified atom stereocenters. The van der Waals surface area contributed by atoms with Crippen LogP contribution in [0.15, 0.2) is 63.2 Å². The summed E-state index contributed by atoms with van der Waals surface area (Å²) in [6.07, 6.45) is 0. The minimum absolute atomic E-state index is 0.0928. The van der Waals surface area contributed by atoms with Crippen molar-refractivity contribution in [2.75, 3.05) is 5.32 Å². The van der Waals surface area contributed by atoms with Crippen molar-refractivity contribution in [3.8, 4) is 0 Å². The van der Waals surface area contributed by atoms with Gasteiger partial charge in [0.05, 0.1) is 21.2 Å². The molecular weight excluding hydrogens is 418 g/mol. The van der Waals surface area contributed by atoms with E-state index in [1.165, 1.54) is 30.8 Å². The summed E-state index contributed by atoms with van der Waals surface area (Å²) in [5.41, 5.74) is 1.68. The van der Waals surface area contributed by atoms with Crippen LogP contribution in [-0.4, -0.2) is 23.5 Å². The number of hydrogen-bond donors (Lipinski definition) is 1. The standard InChI is InChI=1S/C19H18ClN3O3S2/c1-12-19(27-17-8-4-15(20)5-9-17)13(2)23(22-12)28(25,26)18-10-6-16(7-11-18)21-14(3)24/h4-11H,1-3H3,(H,21,24). The molecule has 1 N–H and O–H groups in total. The molecule has 28 heavy (non-hydrogen) atoms. The van der Waals surface area contributed by atoms with Crippen molar-refractivity contribution < 1.29 is 13.2 Å². The molecule has 1 aromatic heterocycles. The number of anilines is 1. The van der Waals surface area contributed by atoms with Gasteiger partial charge in [-0.15, -0.1) is 0 Å². The highest BCUT2D eigenvalue weighted by molar-refractivity contribution is 7.99. The van der Waals surface area contributed by atoms with E-state index in [1.807, 2.05) is 12.1 Å². The number of carbonyl (C=O) groups is 1. The summed E-state index contributed by atoms with van der Waals surface area (Å²) in [5, 5.41) is 7.50. The van der Waals surface area contributed by atoms with Crippen LogP contribution in [0.4, 0.5) is 5.69 Å². The van der Waals surface area contributed by atoms with E-state index in [9.17, 15) is 13.2 Å². The molecule has 0 radical (unpaired) electrons. The van der Waals surface area contributed by atoms with Gasteiger partial charge in [-0.05, 0) is 62.4 Å². The monoisotopic (exact) mass is 435 g/mol. The highest BCUT2D eigenvalue weighted by atomic mass is 35.5. The van der Waals surface area contributed by atoms with E-state index in [2.05, 4.69) is 10.4 Å². The number of aryl methyl sites for hydroxylation is 1. The summed E-state index contributed by atoms with van der Waals surface area (Å²) in [4.78, 5) is 12.9. The third-order valence-electron chi connectivity index (χ3n) is 3.92. The lowest BCUT2D eigenvalue weighted by Crippen LogP contribution is -2.16. The third kappa shape index (κ3) is 4.24. The molecule has 2 aromatic carbocycles. The first-order valence-corrected chi connectivity index (χ1v) is 10.9. The van der Waals surface area contributed by atoms with Gasteiger partial charge < -0.3 is 5.32 Å². The van der Waals surface area contributed by atoms with Crippen molar-refractivity contribution in [3.05, 3.63) is 64.9 Å². The minimum atomic E-state index is -3.86. The van der Waals surface area contributed by atoms with Crippen LogP contribution in [0.5, 0.6) is 0 Å². The average molecular weight is 436 g/mol. The molecule has 1 heterocycles. The molecule has 6 nitrogen and oxygen atoms in total. The second-order valence-corrected chi connectivity index (χ2v) is 9.40. The van der Waals surface area contributed by atoms with Crippen LogP contribution in [0.3, 0.4) is 0 Å². The number of nitrogens with one attached hydrogen (secondary N) is 1. The summed E-state index contributed by atoms with van der Waals surface area (Å²) in [6.45, 7) is 4.89. The van der Waals surface area contributed by atoms with Crippen molar-refractivity contribution in [1.29, 1.82) is 0 Å². The summed E-state index contributed by atoms with van der Waals surface area (Å²) < 4.78 is 27.1. The number of halogens is 1. The van der Waals surface area contributed by atoms with E-state index in [0.717, 1.165) is 13.9 Å². The first kappa shape index (κ1) is 20.4. The molecule has 3 aromatic rings. The molecule has 0 aliphatic rings. The Morgan fingerprint density at radius 3 is 2.25 bits per heavy atom. The molecule has 9 heteroatoms. The average Bonchev–Trinajstić information content (AvgIpc) is 2.92. The zero-order chi connectivity index (χ0) is 20.5. The molecule has 0 atom stereocenters. The Morgan fingerprint density at radius 2 is 1.68 bits per heavy atom. The predicted octanol–water partition coefficient (Wildman–Crippen LogP) is 4.50. The quantitative estimate of drug-likeness (QED) is 0.638. The molecule has 0 spiro atoms. The second kappa shape index (κ2) is 7.98. The molecule has 0 fully saturated rings. The number of amides is 1. The highest BCUT2D eigenvalue weighted by Gasteiger charge is 2.24. The van der Waals surface area contributed by atoms with E-state index >= 15 is 0 Å². The van der Waals surface area contributed by atoms with Gasteiger partial charge in [-0.3, -0.25) is 4.79 Å². The zero-order valence-electron chi connectivity index (χ0n) is 15.4. The first-order valence-electron chi connectivity index (χ1n) is 8.31. The maximum Gasteiger partial charge on any atom is 0.283 e. The van der Waals surface area contributed by atoms with Crippen molar-refractivity contribution in [3.63, 3.8) is 0 Å². The lowest BCUT2D eigenvalue weighted by atomic mass is 10.3. The van der Waals surface area contributed by atoms with Gasteiger partial charge in [-0.25, -0.2) is 0 Å². The van der Waals surface area contributed by atoms with Gasteiger partial charge >= 0.3 is 0 Å². The summed E-state index contributed by atoms with van der Waals surface area (Å²) in [6, 6.07) is 13.3. The van der Waals surface area contributed by atoms with Gasteiger partial charge in [0.25, 0.3) is 10.0 Å². The smallest absolute Gasteiger partial charge is 0.283 e. The molecule has 0 aliphatic heterocycles. The third-order valence-corrected chi connectivity index (χ3v) is 7.15. The molecule has 0 bridgehead atoms. The number of carbonyl (C=O) groups excluding carboxylic acids is 1. The molecule has 0 saturated carbocycles. The van der Waals surface area contributed by atoms with Crippen molar-refractivity contribution >= 4 is 45.0 Å². The maximum atomic E-state index is 13.0. The van der Waals surface area contributed by atoms with Crippen molar-refractivity contribution in [2.45, 2.75) is 35.5 Å². The molecule has 0 aliphatic carbocycles. The molecule has 3 rings (SSSR count). The fraction of sp³-hybridized carbons (Fsp3) is 0.158. The molecule has 146 valence electrons. The topological polar surface area (TPSA) is 81.1 Å². The van der Waals surface area contributed by atoms with Gasteiger partial charge in [0.15, 0.2) is 0 Å². The first-order chi connectivity index (χ1) is 13.2. The number of nitrogens with zero attached hydrogens (tertiary/aromatic N) is 2. The Kier molecular flexibility index (Phi) is 5.83. The number of rotatable bonds is 5. The van der Waals surface area contributed by atoms with E-state index in [0.29, 0.717) is 22.1 Å². The normalized spacial score (nSPS) is 11.4. The van der Waals surface area contributed by atoms with Crippen LogP contribution in [-0.2, 0) is 14.8 Å². The Labute approximate surface area is 173 Å². The van der Waals surface area contributed by atoms with E-state index in [-0.39, 0.29) is 10.8 Å². The summed E-state index contributed by atoms with van der Waals surface area (Å²) in [7, 11) is -3.86. The predicted molar refractivity (Wildman–Crippen MR) is 111 cm³/mol. The van der Waals surface area contributed by atoms with Crippen LogP contribution in [0.2, 0.25) is 5.02 Å². The Bertz CT molecular complexity index is 1120. The van der Waals surface area contributed by atoms with E-state index in [1.54, 1.807) is 38.1 Å². The van der Waals surface area contributed by atoms with Gasteiger partial charge in [-0.1, -0.05) is 23.4 Å². The van der Waals surface area contributed by atoms with Crippen LogP contribution in [0, 0.1) is 13.8 Å². The van der Waals surface area contributed by atoms with Crippen LogP contribution >= 0.6 is 23.4 Å². The lowest BCUT2D eigenvalue weighted by molar-refractivity contribution is -0.114. The van der Waals surface area contributed by atoms with Gasteiger partial charge in [0.1, 0.15) is 0 Å². The van der Waals surface area contributed by atoms with Gasteiger partial charge in [0, 0.05) is 22.5 Å². The molecular formula is C19H18ClN3O3S2. The van der Waals surface area contributed by atoms with Gasteiger partial charge in [-0.2, -0.15) is 17.6 Å². The summed E-state index contributed by atoms with van der Waals surface area (Å²) in [5.74, 6) is -0.224. The maximum absolute atomic E-state index is 13.0. The lowest BCUT2D eigenvalue weighted by Gasteiger charge is -2.08. The highest BCUT2D eigenvalue weighted by Crippen LogP contribution is 2.34. The fourth-order valence-corrected chi connectivity index (χ4v) is 5.10. The second-order valence-electron chi connectivity index (χ2n) is 6.11. The largest absolute Gasteiger partial charge is 0.326 e. The SMILES string of the molecule is CC(=O)Nc1ccc(S(=O)(=O)n2nc(C)c(Sc3ccc(Cl)cc3)c2C)cc1. The van der Waals surface area contributed by atoms with Crippen LogP contribution < -0.4 is 5.32 Å². The van der Waals surface area contributed by atoms with Crippen LogP contribution in [0.1, 0.15) is 18.3 Å². The summed E-state index contributed by atoms with van der Waals surface area (Å²) >= 11 is 7.36. The number of aromatic nitrogens is 2. The number of benzene rings is 2. The van der Waals surface area contributed by atoms with E-state index < -0.39 is 10.0 Å².